The van der Waals surface area contributed by atoms with Crippen LogP contribution in [0.3, 0.4) is 0 Å². The lowest BCUT2D eigenvalue weighted by Crippen LogP contribution is -2.43. The van der Waals surface area contributed by atoms with Gasteiger partial charge in [-0.25, -0.2) is 0 Å². The third-order valence-corrected chi connectivity index (χ3v) is 2.89. The van der Waals surface area contributed by atoms with Crippen molar-refractivity contribution in [2.45, 2.75) is 26.2 Å². The number of nitrogens with one attached hydrogen (secondary N) is 2. The van der Waals surface area contributed by atoms with E-state index in [1.807, 2.05) is 31.2 Å². The van der Waals surface area contributed by atoms with Gasteiger partial charge in [0.05, 0.1) is 6.42 Å². The number of carbonyl (C=O) groups is 2. The lowest BCUT2D eigenvalue weighted by molar-refractivity contribution is -0.129. The zero-order valence-corrected chi connectivity index (χ0v) is 9.82. The van der Waals surface area contributed by atoms with Gasteiger partial charge in [0.1, 0.15) is 0 Å². The molecule has 1 aromatic carbocycles. The molecule has 0 spiro atoms. The third-order valence-electron chi connectivity index (χ3n) is 2.89. The molecule has 2 N–H and O–H groups in total. The van der Waals surface area contributed by atoms with E-state index in [0.717, 1.165) is 24.0 Å². The first kappa shape index (κ1) is 11.6. The van der Waals surface area contributed by atoms with E-state index >= 15 is 0 Å². The van der Waals surface area contributed by atoms with Gasteiger partial charge < -0.3 is 0 Å². The highest BCUT2D eigenvalue weighted by atomic mass is 16.2. The Morgan fingerprint density at radius 1 is 1.24 bits per heavy atom. The summed E-state index contributed by atoms with van der Waals surface area (Å²) in [7, 11) is 0. The molecule has 4 heteroatoms. The van der Waals surface area contributed by atoms with Crippen LogP contribution in [0, 0.1) is 12.8 Å². The van der Waals surface area contributed by atoms with Crippen LogP contribution in [-0.2, 0) is 16.0 Å². The van der Waals surface area contributed by atoms with Crippen LogP contribution in [0.4, 0.5) is 0 Å². The minimum absolute atomic E-state index is 0.0804. The van der Waals surface area contributed by atoms with Crippen LogP contribution in [0.2, 0.25) is 0 Å². The fourth-order valence-electron chi connectivity index (χ4n) is 1.60. The molecule has 1 aliphatic rings. The number of hydrogen-bond donors (Lipinski definition) is 2. The van der Waals surface area contributed by atoms with E-state index in [0.29, 0.717) is 0 Å². The lowest BCUT2D eigenvalue weighted by atomic mass is 10.1. The molecule has 90 valence electrons. The van der Waals surface area contributed by atoms with Gasteiger partial charge in [-0.3, -0.25) is 20.4 Å². The van der Waals surface area contributed by atoms with Gasteiger partial charge in [-0.2, -0.15) is 0 Å². The molecule has 0 heterocycles. The monoisotopic (exact) mass is 232 g/mol. The molecule has 0 aliphatic heterocycles. The van der Waals surface area contributed by atoms with Gasteiger partial charge in [-0.1, -0.05) is 24.3 Å². The Morgan fingerprint density at radius 2 is 1.94 bits per heavy atom. The van der Waals surface area contributed by atoms with Gasteiger partial charge in [0.2, 0.25) is 11.8 Å². The second-order valence-corrected chi connectivity index (χ2v) is 4.41. The van der Waals surface area contributed by atoms with Crippen LogP contribution in [0.15, 0.2) is 24.3 Å². The Bertz CT molecular complexity index is 439. The summed E-state index contributed by atoms with van der Waals surface area (Å²) in [5.41, 5.74) is 6.94. The van der Waals surface area contributed by atoms with Crippen LogP contribution < -0.4 is 10.9 Å². The van der Waals surface area contributed by atoms with Crippen molar-refractivity contribution >= 4 is 11.8 Å². The molecule has 2 rings (SSSR count). The maximum atomic E-state index is 11.6. The molecule has 0 radical (unpaired) electrons. The number of hydrogen-bond acceptors (Lipinski definition) is 2. The standard InChI is InChI=1S/C13H16N2O2/c1-9-4-2-3-5-11(9)8-12(16)14-15-13(17)10-6-7-10/h2-5,10H,6-8H2,1H3,(H,14,16)(H,15,17). The average molecular weight is 232 g/mol. The Hall–Kier alpha value is -1.84. The van der Waals surface area contributed by atoms with Gasteiger partial charge in [0.15, 0.2) is 0 Å². The van der Waals surface area contributed by atoms with Gasteiger partial charge in [0.25, 0.3) is 0 Å². The average Bonchev–Trinajstić information content (AvgIpc) is 3.13. The molecule has 1 fully saturated rings. The second kappa shape index (κ2) is 4.99. The maximum absolute atomic E-state index is 11.6. The van der Waals surface area contributed by atoms with Crippen molar-refractivity contribution in [2.24, 2.45) is 5.92 Å². The number of benzene rings is 1. The van der Waals surface area contributed by atoms with Crippen LogP contribution >= 0.6 is 0 Å². The van der Waals surface area contributed by atoms with Crippen molar-refractivity contribution in [3.8, 4) is 0 Å². The van der Waals surface area contributed by atoms with E-state index in [9.17, 15) is 9.59 Å². The summed E-state index contributed by atoms with van der Waals surface area (Å²) in [5.74, 6) is -0.162. The lowest BCUT2D eigenvalue weighted by Gasteiger charge is -2.08. The molecule has 1 saturated carbocycles. The number of hydrazine groups is 1. The van der Waals surface area contributed by atoms with Crippen molar-refractivity contribution in [2.75, 3.05) is 0 Å². The number of rotatable bonds is 3. The number of carbonyl (C=O) groups excluding carboxylic acids is 2. The summed E-state index contributed by atoms with van der Waals surface area (Å²) in [6.45, 7) is 1.96. The fourth-order valence-corrected chi connectivity index (χ4v) is 1.60. The molecular formula is C13H16N2O2. The molecule has 1 aliphatic carbocycles. The highest BCUT2D eigenvalue weighted by molar-refractivity contribution is 5.85. The minimum Gasteiger partial charge on any atom is -0.273 e. The van der Waals surface area contributed by atoms with E-state index in [2.05, 4.69) is 10.9 Å². The fraction of sp³-hybridized carbons (Fsp3) is 0.385. The predicted octanol–water partition coefficient (Wildman–Crippen LogP) is 1.09. The number of amides is 2. The smallest absolute Gasteiger partial charge is 0.242 e. The van der Waals surface area contributed by atoms with Crippen LogP contribution in [-0.4, -0.2) is 11.8 Å². The molecular weight excluding hydrogens is 216 g/mol. The summed E-state index contributed by atoms with van der Waals surface area (Å²) >= 11 is 0. The number of aryl methyl sites for hydroxylation is 1. The molecule has 0 unspecified atom stereocenters. The summed E-state index contributed by atoms with van der Waals surface area (Å²) in [4.78, 5) is 22.9. The Labute approximate surface area is 100 Å². The molecule has 0 bridgehead atoms. The zero-order valence-electron chi connectivity index (χ0n) is 9.82. The molecule has 0 atom stereocenters. The molecule has 0 saturated heterocycles. The highest BCUT2D eigenvalue weighted by Gasteiger charge is 2.29. The van der Waals surface area contributed by atoms with E-state index < -0.39 is 0 Å². The summed E-state index contributed by atoms with van der Waals surface area (Å²) < 4.78 is 0. The first-order valence-electron chi connectivity index (χ1n) is 5.80. The minimum atomic E-state index is -0.187. The van der Waals surface area contributed by atoms with Crippen LogP contribution in [0.25, 0.3) is 0 Å². The van der Waals surface area contributed by atoms with Crippen LogP contribution in [0.1, 0.15) is 24.0 Å². The van der Waals surface area contributed by atoms with Gasteiger partial charge >= 0.3 is 0 Å². The van der Waals surface area contributed by atoms with Gasteiger partial charge in [-0.15, -0.1) is 0 Å². The van der Waals surface area contributed by atoms with E-state index in [-0.39, 0.29) is 24.2 Å². The van der Waals surface area contributed by atoms with Crippen molar-refractivity contribution < 1.29 is 9.59 Å². The Morgan fingerprint density at radius 3 is 2.59 bits per heavy atom. The zero-order chi connectivity index (χ0) is 12.3. The van der Waals surface area contributed by atoms with Crippen LogP contribution in [0.5, 0.6) is 0 Å². The Kier molecular flexibility index (Phi) is 3.42. The quantitative estimate of drug-likeness (QED) is 0.767. The highest BCUT2D eigenvalue weighted by Crippen LogP contribution is 2.28. The summed E-state index contributed by atoms with van der Waals surface area (Å²) in [6, 6.07) is 7.72. The van der Waals surface area contributed by atoms with Crippen molar-refractivity contribution in [3.63, 3.8) is 0 Å². The first-order chi connectivity index (χ1) is 8.16. The molecule has 2 amide bonds. The van der Waals surface area contributed by atoms with Crippen molar-refractivity contribution in [1.29, 1.82) is 0 Å². The molecule has 4 nitrogen and oxygen atoms in total. The molecule has 0 aromatic heterocycles. The molecule has 1 aromatic rings. The maximum Gasteiger partial charge on any atom is 0.242 e. The SMILES string of the molecule is Cc1ccccc1CC(=O)NNC(=O)C1CC1. The van der Waals surface area contributed by atoms with E-state index in [4.69, 9.17) is 0 Å². The first-order valence-corrected chi connectivity index (χ1v) is 5.80. The largest absolute Gasteiger partial charge is 0.273 e. The van der Waals surface area contributed by atoms with Gasteiger partial charge in [-0.05, 0) is 30.9 Å². The summed E-state index contributed by atoms with van der Waals surface area (Å²) in [5, 5.41) is 0. The molecule has 17 heavy (non-hydrogen) atoms. The van der Waals surface area contributed by atoms with Crippen molar-refractivity contribution in [1.82, 2.24) is 10.9 Å². The van der Waals surface area contributed by atoms with E-state index in [1.165, 1.54) is 0 Å². The second-order valence-electron chi connectivity index (χ2n) is 4.41. The third kappa shape index (κ3) is 3.31. The normalized spacial score (nSPS) is 14.2. The summed E-state index contributed by atoms with van der Waals surface area (Å²) in [6.07, 6.45) is 2.15. The topological polar surface area (TPSA) is 58.2 Å². The van der Waals surface area contributed by atoms with Gasteiger partial charge in [0, 0.05) is 5.92 Å². The van der Waals surface area contributed by atoms with Crippen molar-refractivity contribution in [3.05, 3.63) is 35.4 Å². The van der Waals surface area contributed by atoms with E-state index in [1.54, 1.807) is 0 Å². The Balaban J connectivity index is 1.80. The predicted molar refractivity (Wildman–Crippen MR) is 63.9 cm³/mol.